The van der Waals surface area contributed by atoms with Crippen LogP contribution in [0.15, 0.2) is 0 Å². The molecule has 1 saturated heterocycles. The Morgan fingerprint density at radius 2 is 2.07 bits per heavy atom. The highest BCUT2D eigenvalue weighted by Gasteiger charge is 2.67. The van der Waals surface area contributed by atoms with Gasteiger partial charge in [-0.1, -0.05) is 13.3 Å². The van der Waals surface area contributed by atoms with Gasteiger partial charge in [0.1, 0.15) is 5.60 Å². The standard InChI is InChI=1S/C12H22O2/c1-4-5-9-8-10(13)6-7-12(9)11(2,3)14-12/h9-10,13H,4-8H2,1-3H3. The van der Waals surface area contributed by atoms with Gasteiger partial charge in [0.05, 0.1) is 11.7 Å². The van der Waals surface area contributed by atoms with E-state index in [4.69, 9.17) is 4.74 Å². The third-order valence-electron chi connectivity index (χ3n) is 4.12. The van der Waals surface area contributed by atoms with E-state index in [0.29, 0.717) is 5.92 Å². The Kier molecular flexibility index (Phi) is 2.39. The van der Waals surface area contributed by atoms with E-state index in [-0.39, 0.29) is 17.3 Å². The molecule has 0 aromatic heterocycles. The minimum atomic E-state index is -0.0859. The molecular formula is C12H22O2. The molecule has 1 aliphatic carbocycles. The molecule has 0 aromatic carbocycles. The molecule has 1 spiro atoms. The molecule has 2 heteroatoms. The van der Waals surface area contributed by atoms with E-state index >= 15 is 0 Å². The number of hydrogen-bond donors (Lipinski definition) is 1. The lowest BCUT2D eigenvalue weighted by Crippen LogP contribution is -2.38. The smallest absolute Gasteiger partial charge is 0.100 e. The zero-order valence-electron chi connectivity index (χ0n) is 9.55. The first-order valence-electron chi connectivity index (χ1n) is 5.90. The second-order valence-corrected chi connectivity index (χ2v) is 5.42. The van der Waals surface area contributed by atoms with Crippen LogP contribution in [-0.2, 0) is 4.74 Å². The summed E-state index contributed by atoms with van der Waals surface area (Å²) >= 11 is 0. The number of rotatable bonds is 2. The van der Waals surface area contributed by atoms with Gasteiger partial charge in [0, 0.05) is 0 Å². The average molecular weight is 198 g/mol. The monoisotopic (exact) mass is 198 g/mol. The van der Waals surface area contributed by atoms with Gasteiger partial charge in [0.15, 0.2) is 0 Å². The minimum absolute atomic E-state index is 0.0625. The molecule has 2 fully saturated rings. The van der Waals surface area contributed by atoms with Crippen molar-refractivity contribution < 1.29 is 9.84 Å². The van der Waals surface area contributed by atoms with Gasteiger partial charge in [-0.2, -0.15) is 0 Å². The highest BCUT2D eigenvalue weighted by molar-refractivity contribution is 5.16. The molecule has 0 radical (unpaired) electrons. The molecule has 14 heavy (non-hydrogen) atoms. The van der Waals surface area contributed by atoms with Crippen LogP contribution in [-0.4, -0.2) is 22.4 Å². The van der Waals surface area contributed by atoms with Gasteiger partial charge in [-0.3, -0.25) is 0 Å². The molecule has 3 unspecified atom stereocenters. The summed E-state index contributed by atoms with van der Waals surface area (Å²) in [7, 11) is 0. The Balaban J connectivity index is 2.09. The summed E-state index contributed by atoms with van der Waals surface area (Å²) in [6.07, 6.45) is 5.21. The van der Waals surface area contributed by atoms with E-state index in [0.717, 1.165) is 19.3 Å². The molecule has 2 nitrogen and oxygen atoms in total. The molecule has 1 saturated carbocycles. The zero-order chi connectivity index (χ0) is 10.4. The maximum Gasteiger partial charge on any atom is 0.100 e. The summed E-state index contributed by atoms with van der Waals surface area (Å²) in [5.41, 5.74) is 0.176. The number of aliphatic hydroxyl groups is 1. The molecule has 0 aromatic rings. The van der Waals surface area contributed by atoms with Gasteiger partial charge < -0.3 is 9.84 Å². The van der Waals surface area contributed by atoms with Crippen LogP contribution in [0.25, 0.3) is 0 Å². The van der Waals surface area contributed by atoms with Crippen molar-refractivity contribution in [2.75, 3.05) is 0 Å². The highest BCUT2D eigenvalue weighted by atomic mass is 16.6. The Hall–Kier alpha value is -0.0800. The molecule has 2 aliphatic rings. The summed E-state index contributed by atoms with van der Waals surface area (Å²) in [6.45, 7) is 6.59. The van der Waals surface area contributed by atoms with Crippen LogP contribution in [0.3, 0.4) is 0 Å². The van der Waals surface area contributed by atoms with Gasteiger partial charge in [0.2, 0.25) is 0 Å². The van der Waals surface area contributed by atoms with Crippen molar-refractivity contribution in [1.82, 2.24) is 0 Å². The van der Waals surface area contributed by atoms with E-state index in [1.807, 2.05) is 0 Å². The normalized spacial score (nSPS) is 45.4. The van der Waals surface area contributed by atoms with E-state index in [2.05, 4.69) is 20.8 Å². The lowest BCUT2D eigenvalue weighted by molar-refractivity contribution is 0.0446. The average Bonchev–Trinajstić information content (AvgIpc) is 2.64. The van der Waals surface area contributed by atoms with Crippen LogP contribution >= 0.6 is 0 Å². The number of aliphatic hydroxyl groups excluding tert-OH is 1. The molecule has 0 amide bonds. The minimum Gasteiger partial charge on any atom is -0.393 e. The van der Waals surface area contributed by atoms with Crippen LogP contribution in [0.1, 0.15) is 52.9 Å². The Morgan fingerprint density at radius 1 is 1.43 bits per heavy atom. The largest absolute Gasteiger partial charge is 0.393 e. The maximum absolute atomic E-state index is 9.68. The molecule has 1 N–H and O–H groups in total. The van der Waals surface area contributed by atoms with Crippen LogP contribution in [0.5, 0.6) is 0 Å². The van der Waals surface area contributed by atoms with Gasteiger partial charge in [0.25, 0.3) is 0 Å². The summed E-state index contributed by atoms with van der Waals surface area (Å²) < 4.78 is 5.94. The molecule has 1 heterocycles. The second-order valence-electron chi connectivity index (χ2n) is 5.42. The summed E-state index contributed by atoms with van der Waals surface area (Å²) in [4.78, 5) is 0. The van der Waals surface area contributed by atoms with Crippen LogP contribution in [0.4, 0.5) is 0 Å². The Bertz CT molecular complexity index is 224. The van der Waals surface area contributed by atoms with Crippen molar-refractivity contribution in [1.29, 1.82) is 0 Å². The van der Waals surface area contributed by atoms with Crippen molar-refractivity contribution in [3.05, 3.63) is 0 Å². The summed E-state index contributed by atoms with van der Waals surface area (Å²) in [6, 6.07) is 0. The van der Waals surface area contributed by atoms with Crippen molar-refractivity contribution >= 4 is 0 Å². The quantitative estimate of drug-likeness (QED) is 0.691. The highest BCUT2D eigenvalue weighted by Crippen LogP contribution is 2.59. The topological polar surface area (TPSA) is 32.8 Å². The van der Waals surface area contributed by atoms with Gasteiger partial charge in [-0.25, -0.2) is 0 Å². The van der Waals surface area contributed by atoms with E-state index in [9.17, 15) is 5.11 Å². The Labute approximate surface area is 86.6 Å². The predicted octanol–water partition coefficient (Wildman–Crippen LogP) is 2.50. The summed E-state index contributed by atoms with van der Waals surface area (Å²) in [5, 5.41) is 9.68. The number of ether oxygens (including phenoxy) is 1. The third kappa shape index (κ3) is 1.40. The molecule has 0 bridgehead atoms. The third-order valence-corrected chi connectivity index (χ3v) is 4.12. The molecule has 3 atom stereocenters. The molecule has 1 aliphatic heterocycles. The fourth-order valence-corrected chi connectivity index (χ4v) is 3.28. The fraction of sp³-hybridized carbons (Fsp3) is 1.00. The van der Waals surface area contributed by atoms with Gasteiger partial charge in [-0.15, -0.1) is 0 Å². The van der Waals surface area contributed by atoms with E-state index in [1.165, 1.54) is 12.8 Å². The van der Waals surface area contributed by atoms with Crippen LogP contribution < -0.4 is 0 Å². The van der Waals surface area contributed by atoms with Gasteiger partial charge in [-0.05, 0) is 45.4 Å². The maximum atomic E-state index is 9.68. The fourth-order valence-electron chi connectivity index (χ4n) is 3.28. The first-order valence-corrected chi connectivity index (χ1v) is 5.90. The SMILES string of the molecule is CCCC1CC(O)CCC12OC2(C)C. The first-order chi connectivity index (χ1) is 6.52. The predicted molar refractivity (Wildman–Crippen MR) is 56.2 cm³/mol. The Morgan fingerprint density at radius 3 is 2.57 bits per heavy atom. The molecule has 82 valence electrons. The van der Waals surface area contributed by atoms with Crippen molar-refractivity contribution in [2.24, 2.45) is 5.92 Å². The van der Waals surface area contributed by atoms with Crippen LogP contribution in [0, 0.1) is 5.92 Å². The molecular weight excluding hydrogens is 176 g/mol. The number of epoxide rings is 1. The number of hydrogen-bond acceptors (Lipinski definition) is 2. The summed E-state index contributed by atoms with van der Waals surface area (Å²) in [5.74, 6) is 0.575. The van der Waals surface area contributed by atoms with E-state index < -0.39 is 0 Å². The zero-order valence-corrected chi connectivity index (χ0v) is 9.55. The van der Waals surface area contributed by atoms with Crippen molar-refractivity contribution in [3.63, 3.8) is 0 Å². The first kappa shape index (κ1) is 10.4. The van der Waals surface area contributed by atoms with Crippen molar-refractivity contribution in [3.8, 4) is 0 Å². The second kappa shape index (κ2) is 3.21. The lowest BCUT2D eigenvalue weighted by Gasteiger charge is -2.33. The molecule has 2 rings (SSSR count). The van der Waals surface area contributed by atoms with Crippen molar-refractivity contribution in [2.45, 2.75) is 70.2 Å². The lowest BCUT2D eigenvalue weighted by atomic mass is 9.70. The van der Waals surface area contributed by atoms with Gasteiger partial charge >= 0.3 is 0 Å². The van der Waals surface area contributed by atoms with Crippen LogP contribution in [0.2, 0.25) is 0 Å². The van der Waals surface area contributed by atoms with E-state index in [1.54, 1.807) is 0 Å².